The monoisotopic (exact) mass is 1010 g/mol. The summed E-state index contributed by atoms with van der Waals surface area (Å²) in [5.41, 5.74) is 2.29. The van der Waals surface area contributed by atoms with E-state index in [4.69, 9.17) is 0 Å². The summed E-state index contributed by atoms with van der Waals surface area (Å²) < 4.78 is 0. The number of aliphatic hydroxyl groups excluding tert-OH is 1. The lowest BCUT2D eigenvalue weighted by molar-refractivity contribution is 0.0116. The molecule has 5 unspecified atom stereocenters. The van der Waals surface area contributed by atoms with Gasteiger partial charge in [-0.1, -0.05) is 184 Å². The van der Waals surface area contributed by atoms with Crippen molar-refractivity contribution in [3.63, 3.8) is 0 Å². The Morgan fingerprint density at radius 2 is 0.907 bits per heavy atom. The van der Waals surface area contributed by atoms with Gasteiger partial charge in [0, 0.05) is 22.3 Å². The quantitative estimate of drug-likeness (QED) is 0.0502. The minimum Gasteiger partial charge on any atom is -0.384 e. The first-order valence-electron chi connectivity index (χ1n) is 26.6. The van der Waals surface area contributed by atoms with Crippen LogP contribution in [-0.4, -0.2) is 118 Å². The lowest BCUT2D eigenvalue weighted by atomic mass is 9.77. The molecule has 3 N–H and O–H groups in total. The first-order valence-corrected chi connectivity index (χ1v) is 26.6. The van der Waals surface area contributed by atoms with Crippen LogP contribution in [0.3, 0.4) is 0 Å². The minimum absolute atomic E-state index is 0.0640. The normalized spacial score (nSPS) is 16.9. The summed E-state index contributed by atoms with van der Waals surface area (Å²) in [5.74, 6) is -0.734. The second-order valence-corrected chi connectivity index (χ2v) is 21.8. The lowest BCUT2D eigenvalue weighted by Crippen LogP contribution is -2.53. The van der Waals surface area contributed by atoms with E-state index in [9.17, 15) is 29.7 Å². The maximum absolute atomic E-state index is 15.1. The molecule has 1 saturated carbocycles. The van der Waals surface area contributed by atoms with Gasteiger partial charge < -0.3 is 15.3 Å². The molecule has 1 aliphatic carbocycles. The van der Waals surface area contributed by atoms with Crippen LogP contribution in [0.5, 0.6) is 0 Å². The fourth-order valence-corrected chi connectivity index (χ4v) is 11.3. The molecule has 0 bridgehead atoms. The van der Waals surface area contributed by atoms with Crippen molar-refractivity contribution in [3.05, 3.63) is 213 Å². The van der Waals surface area contributed by atoms with Gasteiger partial charge in [-0.3, -0.25) is 33.9 Å². The second kappa shape index (κ2) is 24.2. The summed E-state index contributed by atoms with van der Waals surface area (Å²) in [6, 6.07) is 48.8. The van der Waals surface area contributed by atoms with Gasteiger partial charge in [0.15, 0.2) is 23.1 Å². The number of hydrogen-bond acceptors (Lipinski definition) is 10. The molecular formula is C65H77N3O7. The number of Topliss-reactive ketones (excluding diaryl/α,β-unsaturated/α-hetero) is 4. The summed E-state index contributed by atoms with van der Waals surface area (Å²) in [7, 11) is 11.8. The van der Waals surface area contributed by atoms with Crippen LogP contribution in [-0.2, 0) is 12.8 Å². The highest BCUT2D eigenvalue weighted by Crippen LogP contribution is 2.36. The largest absolute Gasteiger partial charge is 0.384 e. The van der Waals surface area contributed by atoms with Gasteiger partial charge in [-0.15, -0.1) is 0 Å². The molecule has 0 amide bonds. The molecule has 5 atom stereocenters. The highest BCUT2D eigenvalue weighted by Gasteiger charge is 2.43. The standard InChI is InChI=1S/C65H77N3O7/c1-9-63(67(5)6,44-46-20-13-10-14-21-46)59(71)53-32-24-48(25-33-53)56(66(3)4)49-26-34-54(35-27-49)60(72)64(68(7)8,45-47-22-15-11-16-23-47)41-19-40-62(2,74)58(70)52-36-28-50(29-37-52)57(69)51-30-38-55(39-31-51)61(73)65(75)42-17-12-18-43-65/h10-11,13-16,20-39,56-57,69,74-75H,9,12,17-19,40-45H2,1-8H3. The Bertz CT molecular complexity index is 2860. The van der Waals surface area contributed by atoms with Crippen LogP contribution in [0.1, 0.15) is 159 Å². The number of benzene rings is 6. The van der Waals surface area contributed by atoms with Crippen LogP contribution >= 0.6 is 0 Å². The van der Waals surface area contributed by atoms with Gasteiger partial charge in [0.1, 0.15) is 17.3 Å². The number of rotatable bonds is 24. The average Bonchev–Trinajstić information content (AvgIpc) is 3.42. The molecule has 75 heavy (non-hydrogen) atoms. The predicted molar refractivity (Wildman–Crippen MR) is 299 cm³/mol. The number of hydrogen-bond donors (Lipinski definition) is 3. The van der Waals surface area contributed by atoms with Crippen molar-refractivity contribution >= 4 is 23.1 Å². The van der Waals surface area contributed by atoms with E-state index >= 15 is 4.79 Å². The third-order valence-corrected chi connectivity index (χ3v) is 16.1. The van der Waals surface area contributed by atoms with Gasteiger partial charge in [0.05, 0.1) is 17.1 Å². The van der Waals surface area contributed by atoms with E-state index in [1.54, 1.807) is 48.5 Å². The zero-order valence-electron chi connectivity index (χ0n) is 45.3. The molecule has 1 fully saturated rings. The molecule has 10 nitrogen and oxygen atoms in total. The van der Waals surface area contributed by atoms with Crippen LogP contribution in [0.4, 0.5) is 0 Å². The van der Waals surface area contributed by atoms with Crippen molar-refractivity contribution in [2.24, 2.45) is 0 Å². The Morgan fingerprint density at radius 1 is 0.520 bits per heavy atom. The van der Waals surface area contributed by atoms with Crippen LogP contribution in [0, 0.1) is 0 Å². The zero-order valence-corrected chi connectivity index (χ0v) is 45.3. The Balaban J connectivity index is 1.05. The summed E-state index contributed by atoms with van der Waals surface area (Å²) in [5, 5.41) is 34.0. The SMILES string of the molecule is CCC(Cc1ccccc1)(C(=O)c1ccc(C(c2ccc(C(=O)C(CCCC(C)(O)C(=O)c3ccc(C(O)c4ccc(C(=O)C5(O)CCCCC5)cc4)cc3)(Cc3ccccc3)N(C)C)cc2)N(C)C)cc1)N(C)C. The number of nitrogens with zero attached hydrogens (tertiary/aromatic N) is 3. The van der Waals surface area contributed by atoms with Gasteiger partial charge in [0.2, 0.25) is 0 Å². The van der Waals surface area contributed by atoms with Gasteiger partial charge in [-0.2, -0.15) is 0 Å². The smallest absolute Gasteiger partial charge is 0.194 e. The number of aliphatic hydroxyl groups is 3. The molecule has 10 heteroatoms. The van der Waals surface area contributed by atoms with Crippen LogP contribution in [0.25, 0.3) is 0 Å². The topological polar surface area (TPSA) is 139 Å². The van der Waals surface area contributed by atoms with Crippen molar-refractivity contribution in [2.75, 3.05) is 42.3 Å². The molecule has 0 aromatic heterocycles. The van der Waals surface area contributed by atoms with Gasteiger partial charge >= 0.3 is 0 Å². The van der Waals surface area contributed by atoms with Crippen molar-refractivity contribution in [3.8, 4) is 0 Å². The highest BCUT2D eigenvalue weighted by atomic mass is 16.3. The maximum atomic E-state index is 15.1. The van der Waals surface area contributed by atoms with Crippen LogP contribution in [0.2, 0.25) is 0 Å². The molecule has 394 valence electrons. The Kier molecular flexibility index (Phi) is 18.2. The molecular weight excluding hydrogens is 935 g/mol. The highest BCUT2D eigenvalue weighted by molar-refractivity contribution is 6.05. The summed E-state index contributed by atoms with van der Waals surface area (Å²) >= 11 is 0. The zero-order chi connectivity index (χ0) is 54.1. The molecule has 6 aromatic rings. The summed E-state index contributed by atoms with van der Waals surface area (Å²) in [4.78, 5) is 62.8. The van der Waals surface area contributed by atoms with E-state index in [0.29, 0.717) is 78.3 Å². The minimum atomic E-state index is -1.75. The fourth-order valence-electron chi connectivity index (χ4n) is 11.3. The molecule has 6 aromatic carbocycles. The number of ketones is 4. The molecule has 0 heterocycles. The number of carbonyl (C=O) groups excluding carboxylic acids is 4. The Morgan fingerprint density at radius 3 is 1.32 bits per heavy atom. The van der Waals surface area contributed by atoms with E-state index in [1.165, 1.54) is 6.92 Å². The van der Waals surface area contributed by atoms with Gasteiger partial charge in [-0.05, 0) is 134 Å². The van der Waals surface area contributed by atoms with Crippen molar-refractivity contribution in [1.29, 1.82) is 0 Å². The third-order valence-electron chi connectivity index (χ3n) is 16.1. The molecule has 0 radical (unpaired) electrons. The van der Waals surface area contributed by atoms with Gasteiger partial charge in [-0.25, -0.2) is 0 Å². The van der Waals surface area contributed by atoms with Crippen molar-refractivity contribution < 1.29 is 34.5 Å². The van der Waals surface area contributed by atoms with Crippen molar-refractivity contribution in [1.82, 2.24) is 14.7 Å². The van der Waals surface area contributed by atoms with E-state index in [1.807, 2.05) is 149 Å². The van der Waals surface area contributed by atoms with Crippen LogP contribution < -0.4 is 0 Å². The van der Waals surface area contributed by atoms with E-state index < -0.39 is 34.2 Å². The summed E-state index contributed by atoms with van der Waals surface area (Å²) in [6.07, 6.45) is 5.00. The molecule has 0 aliphatic heterocycles. The Labute approximate surface area is 445 Å². The van der Waals surface area contributed by atoms with E-state index in [-0.39, 0.29) is 29.8 Å². The van der Waals surface area contributed by atoms with E-state index in [2.05, 4.69) is 24.0 Å². The molecule has 7 rings (SSSR count). The lowest BCUT2D eigenvalue weighted by Gasteiger charge is -2.40. The number of carbonyl (C=O) groups is 4. The fraction of sp³-hybridized carbons (Fsp3) is 0.385. The number of likely N-dealkylation sites (N-methyl/N-ethyl adjacent to an activating group) is 2. The predicted octanol–water partition coefficient (Wildman–Crippen LogP) is 11.0. The van der Waals surface area contributed by atoms with E-state index in [0.717, 1.165) is 41.5 Å². The molecule has 0 saturated heterocycles. The second-order valence-electron chi connectivity index (χ2n) is 21.8. The van der Waals surface area contributed by atoms with Crippen molar-refractivity contribution in [2.45, 2.75) is 119 Å². The molecule has 1 aliphatic rings. The van der Waals surface area contributed by atoms with Gasteiger partial charge in [0.25, 0.3) is 0 Å². The van der Waals surface area contributed by atoms with Crippen LogP contribution in [0.15, 0.2) is 158 Å². The third kappa shape index (κ3) is 12.6. The first-order chi connectivity index (χ1) is 35.7. The summed E-state index contributed by atoms with van der Waals surface area (Å²) in [6.45, 7) is 3.58. The first kappa shape index (κ1) is 56.5. The maximum Gasteiger partial charge on any atom is 0.194 e. The average molecular weight is 1010 g/mol. The Hall–Kier alpha value is -6.24. The molecule has 0 spiro atoms.